The molecule has 2 heterocycles. The number of amides is 1. The van der Waals surface area contributed by atoms with Gasteiger partial charge in [0, 0.05) is 30.9 Å². The van der Waals surface area contributed by atoms with E-state index in [9.17, 15) is 19.1 Å². The van der Waals surface area contributed by atoms with E-state index in [1.165, 1.54) is 18.1 Å². The smallest absolute Gasteiger partial charge is 0.336 e. The number of hydrogen-bond acceptors (Lipinski definition) is 3. The molecule has 1 unspecified atom stereocenters. The zero-order chi connectivity index (χ0) is 18.1. The van der Waals surface area contributed by atoms with E-state index in [1.807, 2.05) is 10.8 Å². The molecule has 0 saturated heterocycles. The minimum absolute atomic E-state index is 0.00491. The molecule has 1 N–H and O–H groups in total. The summed E-state index contributed by atoms with van der Waals surface area (Å²) in [6.45, 7) is 0.798. The summed E-state index contributed by atoms with van der Waals surface area (Å²) in [6.07, 6.45) is 1.82. The first-order chi connectivity index (χ1) is 11.9. The molecule has 0 fully saturated rings. The maximum absolute atomic E-state index is 13.6. The monoisotopic (exact) mass is 410 g/mol. The SMILES string of the molecule is COCC1Cn2cc(Br)cc2C(=O)N1Cc1cc(F)ccc1C(=O)O. The van der Waals surface area contributed by atoms with Gasteiger partial charge < -0.3 is 19.3 Å². The van der Waals surface area contributed by atoms with Gasteiger partial charge >= 0.3 is 5.97 Å². The van der Waals surface area contributed by atoms with Gasteiger partial charge in [-0.15, -0.1) is 0 Å². The molecular formula is C17H16BrFN2O4. The third kappa shape index (κ3) is 3.45. The number of halogens is 2. The fourth-order valence-electron chi connectivity index (χ4n) is 3.06. The van der Waals surface area contributed by atoms with Crippen molar-refractivity contribution in [2.45, 2.75) is 19.1 Å². The molecule has 25 heavy (non-hydrogen) atoms. The highest BCUT2D eigenvalue weighted by Crippen LogP contribution is 2.26. The summed E-state index contributed by atoms with van der Waals surface area (Å²) in [7, 11) is 1.54. The van der Waals surface area contributed by atoms with Crippen molar-refractivity contribution < 1.29 is 23.8 Å². The molecule has 0 saturated carbocycles. The van der Waals surface area contributed by atoms with Crippen LogP contribution in [-0.4, -0.2) is 46.2 Å². The molecule has 6 nitrogen and oxygen atoms in total. The minimum Gasteiger partial charge on any atom is -0.478 e. The third-order valence-electron chi connectivity index (χ3n) is 4.19. The molecule has 1 amide bonds. The number of nitrogens with zero attached hydrogens (tertiary/aromatic N) is 2. The largest absolute Gasteiger partial charge is 0.478 e. The lowest BCUT2D eigenvalue weighted by Gasteiger charge is -2.36. The number of hydrogen-bond donors (Lipinski definition) is 1. The molecule has 0 bridgehead atoms. The molecule has 1 aliphatic heterocycles. The van der Waals surface area contributed by atoms with Crippen LogP contribution in [0.25, 0.3) is 0 Å². The topological polar surface area (TPSA) is 71.8 Å². The number of ether oxygens (including phenoxy) is 1. The Labute approximate surface area is 151 Å². The summed E-state index contributed by atoms with van der Waals surface area (Å²) in [5.74, 6) is -1.95. The second-order valence-electron chi connectivity index (χ2n) is 5.84. The summed E-state index contributed by atoms with van der Waals surface area (Å²) in [4.78, 5) is 25.8. The zero-order valence-electron chi connectivity index (χ0n) is 13.4. The Morgan fingerprint density at radius 3 is 2.88 bits per heavy atom. The Kier molecular flexibility index (Phi) is 4.91. The lowest BCUT2D eigenvalue weighted by Crippen LogP contribution is -2.49. The van der Waals surface area contributed by atoms with Gasteiger partial charge in [-0.3, -0.25) is 4.79 Å². The fraction of sp³-hybridized carbons (Fsp3) is 0.294. The lowest BCUT2D eigenvalue weighted by molar-refractivity contribution is 0.0384. The molecule has 0 radical (unpaired) electrons. The van der Waals surface area contributed by atoms with Crippen LogP contribution in [0.3, 0.4) is 0 Å². The van der Waals surface area contributed by atoms with Crippen molar-refractivity contribution in [1.82, 2.24) is 9.47 Å². The second kappa shape index (κ2) is 6.97. The van der Waals surface area contributed by atoms with E-state index in [1.54, 1.807) is 6.07 Å². The molecular weight excluding hydrogens is 395 g/mol. The van der Waals surface area contributed by atoms with Gasteiger partial charge in [-0.25, -0.2) is 9.18 Å². The number of aromatic carboxylic acids is 1. The highest BCUT2D eigenvalue weighted by Gasteiger charge is 2.33. The Bertz CT molecular complexity index is 836. The summed E-state index contributed by atoms with van der Waals surface area (Å²) in [5.41, 5.74) is 0.723. The van der Waals surface area contributed by atoms with E-state index < -0.39 is 11.8 Å². The summed E-state index contributed by atoms with van der Waals surface area (Å²) in [6, 6.07) is 4.90. The first kappa shape index (κ1) is 17.6. The maximum Gasteiger partial charge on any atom is 0.336 e. The number of methoxy groups -OCH3 is 1. The van der Waals surface area contributed by atoms with Crippen LogP contribution in [-0.2, 0) is 17.8 Å². The number of aromatic nitrogens is 1. The number of carbonyl (C=O) groups excluding carboxylic acids is 1. The summed E-state index contributed by atoms with van der Waals surface area (Å²) >= 11 is 3.36. The van der Waals surface area contributed by atoms with Crippen molar-refractivity contribution in [3.63, 3.8) is 0 Å². The molecule has 0 aliphatic carbocycles. The average Bonchev–Trinajstić information content (AvgIpc) is 2.92. The van der Waals surface area contributed by atoms with Crippen LogP contribution < -0.4 is 0 Å². The van der Waals surface area contributed by atoms with Gasteiger partial charge in [0.1, 0.15) is 11.5 Å². The van der Waals surface area contributed by atoms with E-state index in [2.05, 4.69) is 15.9 Å². The van der Waals surface area contributed by atoms with E-state index in [4.69, 9.17) is 4.74 Å². The number of fused-ring (bicyclic) bond motifs is 1. The molecule has 1 aliphatic rings. The van der Waals surface area contributed by atoms with E-state index in [-0.39, 0.29) is 29.6 Å². The Morgan fingerprint density at radius 1 is 1.44 bits per heavy atom. The Hall–Kier alpha value is -2.19. The molecule has 1 aromatic heterocycles. The molecule has 3 rings (SSSR count). The van der Waals surface area contributed by atoms with E-state index in [0.717, 1.165) is 16.6 Å². The number of rotatable bonds is 5. The van der Waals surface area contributed by atoms with Gasteiger partial charge in [-0.05, 0) is 45.8 Å². The zero-order valence-corrected chi connectivity index (χ0v) is 15.0. The van der Waals surface area contributed by atoms with Crippen molar-refractivity contribution >= 4 is 27.8 Å². The molecule has 1 aromatic carbocycles. The first-order valence-electron chi connectivity index (χ1n) is 7.58. The molecule has 0 spiro atoms. The number of carboxylic acid groups (broad SMARTS) is 1. The van der Waals surface area contributed by atoms with Crippen LogP contribution in [0.4, 0.5) is 4.39 Å². The Balaban J connectivity index is 1.98. The summed E-state index contributed by atoms with van der Waals surface area (Å²) < 4.78 is 21.4. The molecule has 132 valence electrons. The minimum atomic E-state index is -1.16. The van der Waals surface area contributed by atoms with E-state index in [0.29, 0.717) is 18.8 Å². The fourth-order valence-corrected chi connectivity index (χ4v) is 3.53. The predicted molar refractivity (Wildman–Crippen MR) is 91.0 cm³/mol. The lowest BCUT2D eigenvalue weighted by atomic mass is 10.0. The van der Waals surface area contributed by atoms with Crippen molar-refractivity contribution in [2.24, 2.45) is 0 Å². The van der Waals surface area contributed by atoms with Crippen LogP contribution in [0, 0.1) is 5.82 Å². The maximum atomic E-state index is 13.6. The average molecular weight is 411 g/mol. The highest BCUT2D eigenvalue weighted by atomic mass is 79.9. The van der Waals surface area contributed by atoms with Crippen LogP contribution in [0.2, 0.25) is 0 Å². The normalized spacial score (nSPS) is 16.8. The van der Waals surface area contributed by atoms with Crippen molar-refractivity contribution in [3.05, 3.63) is 57.6 Å². The Morgan fingerprint density at radius 2 is 2.20 bits per heavy atom. The number of carboxylic acids is 1. The van der Waals surface area contributed by atoms with Crippen LogP contribution in [0.5, 0.6) is 0 Å². The van der Waals surface area contributed by atoms with Crippen molar-refractivity contribution in [1.29, 1.82) is 0 Å². The van der Waals surface area contributed by atoms with Gasteiger partial charge in [-0.2, -0.15) is 0 Å². The number of benzene rings is 1. The van der Waals surface area contributed by atoms with E-state index >= 15 is 0 Å². The van der Waals surface area contributed by atoms with Crippen LogP contribution in [0.15, 0.2) is 34.9 Å². The number of carbonyl (C=O) groups is 2. The van der Waals surface area contributed by atoms with Crippen molar-refractivity contribution in [3.8, 4) is 0 Å². The highest BCUT2D eigenvalue weighted by molar-refractivity contribution is 9.10. The van der Waals surface area contributed by atoms with Gasteiger partial charge in [-0.1, -0.05) is 0 Å². The quantitative estimate of drug-likeness (QED) is 0.822. The van der Waals surface area contributed by atoms with Crippen LogP contribution >= 0.6 is 15.9 Å². The summed E-state index contributed by atoms with van der Waals surface area (Å²) in [5, 5.41) is 9.32. The molecule has 2 aromatic rings. The van der Waals surface area contributed by atoms with Gasteiger partial charge in [0.25, 0.3) is 5.91 Å². The van der Waals surface area contributed by atoms with Crippen LogP contribution in [0.1, 0.15) is 26.4 Å². The third-order valence-corrected chi connectivity index (χ3v) is 4.62. The standard InChI is InChI=1S/C17H16BrFN2O4/c1-25-9-13-8-20-7-11(18)5-15(20)16(22)21(13)6-10-4-12(19)2-3-14(10)17(23)24/h2-5,7,13H,6,8-9H2,1H3,(H,23,24). The molecule has 1 atom stereocenters. The molecule has 8 heteroatoms. The van der Waals surface area contributed by atoms with Gasteiger partial charge in [0.15, 0.2) is 0 Å². The van der Waals surface area contributed by atoms with Gasteiger partial charge in [0.05, 0.1) is 18.2 Å². The predicted octanol–water partition coefficient (Wildman–Crippen LogP) is 2.76. The first-order valence-corrected chi connectivity index (χ1v) is 8.37. The second-order valence-corrected chi connectivity index (χ2v) is 6.76. The van der Waals surface area contributed by atoms with Gasteiger partial charge in [0.2, 0.25) is 0 Å². The van der Waals surface area contributed by atoms with Crippen molar-refractivity contribution in [2.75, 3.05) is 13.7 Å².